The third-order valence-electron chi connectivity index (χ3n) is 4.83. The third-order valence-corrected chi connectivity index (χ3v) is 5.22. The van der Waals surface area contributed by atoms with Crippen LogP contribution in [0.2, 0.25) is 10.3 Å². The molecule has 134 valence electrons. The summed E-state index contributed by atoms with van der Waals surface area (Å²) in [5.74, 6) is -3.67. The second kappa shape index (κ2) is 6.92. The van der Waals surface area contributed by atoms with Gasteiger partial charge in [-0.2, -0.15) is 0 Å². The van der Waals surface area contributed by atoms with Crippen molar-refractivity contribution < 1.29 is 8.78 Å². The van der Waals surface area contributed by atoms with Gasteiger partial charge < -0.3 is 0 Å². The van der Waals surface area contributed by atoms with Gasteiger partial charge in [-0.25, -0.2) is 13.8 Å². The van der Waals surface area contributed by atoms with Crippen molar-refractivity contribution in [3.63, 3.8) is 0 Å². The number of allylic oxidation sites excluding steroid dienone is 1. The number of alkyl halides is 2. The van der Waals surface area contributed by atoms with Crippen molar-refractivity contribution in [2.75, 3.05) is 0 Å². The van der Waals surface area contributed by atoms with Gasteiger partial charge in [0.15, 0.2) is 0 Å². The maximum Gasteiger partial charge on any atom is 0.276 e. The van der Waals surface area contributed by atoms with Crippen LogP contribution in [0.5, 0.6) is 0 Å². The normalized spacial score (nSPS) is 25.1. The summed E-state index contributed by atoms with van der Waals surface area (Å²) in [7, 11) is 0. The standard InChI is InChI=1S/C19H25Cl2F2N/c1-11-6-13(12(2)10-18(3,4)5)7-15(11)19(22,23)14-8-16(20)24-17(21)9-14/h8-9,11,13,15H,2,6-7,10H2,1,3-5H3. The van der Waals surface area contributed by atoms with E-state index in [-0.39, 0.29) is 33.1 Å². The minimum Gasteiger partial charge on any atom is -0.224 e. The maximum absolute atomic E-state index is 15.1. The van der Waals surface area contributed by atoms with Gasteiger partial charge in [-0.3, -0.25) is 0 Å². The molecule has 1 aromatic heterocycles. The summed E-state index contributed by atoms with van der Waals surface area (Å²) in [6.45, 7) is 12.5. The van der Waals surface area contributed by atoms with Crippen molar-refractivity contribution in [1.82, 2.24) is 4.98 Å². The van der Waals surface area contributed by atoms with E-state index < -0.39 is 11.8 Å². The lowest BCUT2D eigenvalue weighted by Crippen LogP contribution is -2.28. The Bertz CT molecular complexity index is 602. The highest BCUT2D eigenvalue weighted by molar-refractivity contribution is 6.32. The Hall–Kier alpha value is -0.670. The van der Waals surface area contributed by atoms with E-state index in [2.05, 4.69) is 32.3 Å². The Morgan fingerprint density at radius 2 is 1.75 bits per heavy atom. The van der Waals surface area contributed by atoms with Crippen LogP contribution in [0.15, 0.2) is 24.3 Å². The smallest absolute Gasteiger partial charge is 0.224 e. The van der Waals surface area contributed by atoms with E-state index in [1.165, 1.54) is 12.1 Å². The van der Waals surface area contributed by atoms with Crippen molar-refractivity contribution in [1.29, 1.82) is 0 Å². The van der Waals surface area contributed by atoms with Crippen LogP contribution in [0, 0.1) is 23.2 Å². The van der Waals surface area contributed by atoms with Crippen LogP contribution in [-0.2, 0) is 5.92 Å². The minimum absolute atomic E-state index is 0.00322. The predicted molar refractivity (Wildman–Crippen MR) is 96.7 cm³/mol. The van der Waals surface area contributed by atoms with Crippen LogP contribution in [0.25, 0.3) is 0 Å². The number of rotatable bonds is 4. The number of hydrogen-bond acceptors (Lipinski definition) is 1. The number of pyridine rings is 1. The largest absolute Gasteiger partial charge is 0.276 e. The molecule has 1 saturated carbocycles. The lowest BCUT2D eigenvalue weighted by atomic mass is 9.82. The topological polar surface area (TPSA) is 12.9 Å². The van der Waals surface area contributed by atoms with Crippen LogP contribution >= 0.6 is 23.2 Å². The minimum atomic E-state index is -2.98. The van der Waals surface area contributed by atoms with Gasteiger partial charge in [0.25, 0.3) is 5.92 Å². The highest BCUT2D eigenvalue weighted by atomic mass is 35.5. The van der Waals surface area contributed by atoms with Crippen molar-refractivity contribution >= 4 is 23.2 Å². The molecule has 0 radical (unpaired) electrons. The van der Waals surface area contributed by atoms with Gasteiger partial charge in [-0.15, -0.1) is 0 Å². The van der Waals surface area contributed by atoms with Gasteiger partial charge in [0.2, 0.25) is 0 Å². The van der Waals surface area contributed by atoms with Crippen molar-refractivity contribution in [2.45, 2.75) is 52.9 Å². The number of halogens is 4. The highest BCUT2D eigenvalue weighted by Crippen LogP contribution is 2.52. The van der Waals surface area contributed by atoms with E-state index in [1.807, 2.05) is 6.92 Å². The van der Waals surface area contributed by atoms with Crippen molar-refractivity contribution in [3.05, 3.63) is 40.2 Å². The van der Waals surface area contributed by atoms with E-state index in [0.717, 1.165) is 18.4 Å². The fourth-order valence-corrected chi connectivity index (χ4v) is 4.24. The molecule has 1 fully saturated rings. The summed E-state index contributed by atoms with van der Waals surface area (Å²) in [5, 5.41) is -0.00645. The first-order chi connectivity index (χ1) is 10.9. The molecule has 1 heterocycles. The molecule has 3 atom stereocenters. The molecule has 0 aromatic carbocycles. The van der Waals surface area contributed by atoms with Gasteiger partial charge >= 0.3 is 0 Å². The van der Waals surface area contributed by atoms with E-state index in [4.69, 9.17) is 23.2 Å². The molecule has 1 nitrogen and oxygen atoms in total. The quantitative estimate of drug-likeness (QED) is 0.402. The zero-order valence-electron chi connectivity index (χ0n) is 14.7. The third kappa shape index (κ3) is 4.49. The predicted octanol–water partition coefficient (Wildman–Crippen LogP) is 7.13. The van der Waals surface area contributed by atoms with Crippen LogP contribution in [0.4, 0.5) is 8.78 Å². The SMILES string of the molecule is C=C(CC(C)(C)C)C1CC(C)C(C(F)(F)c2cc(Cl)nc(Cl)c2)C1. The highest BCUT2D eigenvalue weighted by Gasteiger charge is 2.49. The van der Waals surface area contributed by atoms with Gasteiger partial charge in [0.05, 0.1) is 0 Å². The molecule has 1 aliphatic carbocycles. The monoisotopic (exact) mass is 375 g/mol. The summed E-state index contributed by atoms with van der Waals surface area (Å²) >= 11 is 11.6. The first kappa shape index (κ1) is 19.7. The Labute approximate surface area is 153 Å². The zero-order chi connectivity index (χ0) is 18.3. The first-order valence-corrected chi connectivity index (χ1v) is 9.05. The summed E-state index contributed by atoms with van der Waals surface area (Å²) in [4.78, 5) is 3.76. The summed E-state index contributed by atoms with van der Waals surface area (Å²) < 4.78 is 30.1. The Balaban J connectivity index is 2.20. The van der Waals surface area contributed by atoms with Crippen LogP contribution in [0.3, 0.4) is 0 Å². The second-order valence-electron chi connectivity index (χ2n) is 8.27. The average molecular weight is 376 g/mol. The Morgan fingerprint density at radius 1 is 1.21 bits per heavy atom. The fraction of sp³-hybridized carbons (Fsp3) is 0.632. The molecule has 1 aromatic rings. The van der Waals surface area contributed by atoms with Gasteiger partial charge in [0.1, 0.15) is 10.3 Å². The summed E-state index contributed by atoms with van der Waals surface area (Å²) in [6.07, 6.45) is 2.05. The van der Waals surface area contributed by atoms with Crippen molar-refractivity contribution in [3.8, 4) is 0 Å². The number of nitrogens with zero attached hydrogens (tertiary/aromatic N) is 1. The molecule has 24 heavy (non-hydrogen) atoms. The Kier molecular flexibility index (Phi) is 5.66. The van der Waals surface area contributed by atoms with Crippen LogP contribution < -0.4 is 0 Å². The molecule has 0 bridgehead atoms. The fourth-order valence-electron chi connectivity index (χ4n) is 3.78. The van der Waals surface area contributed by atoms with E-state index in [1.54, 1.807) is 0 Å². The van der Waals surface area contributed by atoms with Crippen LogP contribution in [-0.4, -0.2) is 4.98 Å². The van der Waals surface area contributed by atoms with Gasteiger partial charge in [0, 0.05) is 11.5 Å². The lowest BCUT2D eigenvalue weighted by Gasteiger charge is -2.27. The number of aromatic nitrogens is 1. The van der Waals surface area contributed by atoms with Gasteiger partial charge in [-0.05, 0) is 48.6 Å². The maximum atomic E-state index is 15.1. The second-order valence-corrected chi connectivity index (χ2v) is 9.05. The van der Waals surface area contributed by atoms with E-state index in [9.17, 15) is 0 Å². The molecular weight excluding hydrogens is 351 g/mol. The average Bonchev–Trinajstić information content (AvgIpc) is 2.78. The molecule has 3 unspecified atom stereocenters. The van der Waals surface area contributed by atoms with Crippen molar-refractivity contribution in [2.24, 2.45) is 23.2 Å². The Morgan fingerprint density at radius 3 is 2.25 bits per heavy atom. The molecule has 0 spiro atoms. The summed E-state index contributed by atoms with van der Waals surface area (Å²) in [6, 6.07) is 2.44. The molecule has 0 amide bonds. The lowest BCUT2D eigenvalue weighted by molar-refractivity contribution is -0.0774. The molecule has 1 aliphatic rings. The molecule has 5 heteroatoms. The van der Waals surface area contributed by atoms with E-state index in [0.29, 0.717) is 6.42 Å². The van der Waals surface area contributed by atoms with Crippen LogP contribution in [0.1, 0.15) is 52.5 Å². The zero-order valence-corrected chi connectivity index (χ0v) is 16.2. The molecule has 0 aliphatic heterocycles. The molecule has 0 N–H and O–H groups in total. The molecular formula is C19H25Cl2F2N. The summed E-state index contributed by atoms with van der Waals surface area (Å²) in [5.41, 5.74) is 1.05. The van der Waals surface area contributed by atoms with Gasteiger partial charge in [-0.1, -0.05) is 63.0 Å². The molecule has 2 rings (SSSR count). The first-order valence-electron chi connectivity index (χ1n) is 8.29. The molecule has 0 saturated heterocycles. The number of hydrogen-bond donors (Lipinski definition) is 0. The van der Waals surface area contributed by atoms with E-state index >= 15 is 8.78 Å².